The van der Waals surface area contributed by atoms with Gasteiger partial charge in [0.05, 0.1) is 47.6 Å². The van der Waals surface area contributed by atoms with Gasteiger partial charge in [0, 0.05) is 24.2 Å². The molecule has 3 aromatic rings. The number of nitrogen functional groups attached to an aromatic ring is 1. The third kappa shape index (κ3) is 3.55. The lowest BCUT2D eigenvalue weighted by Gasteiger charge is -2.28. The van der Waals surface area contributed by atoms with Gasteiger partial charge in [0.2, 0.25) is 11.8 Å². The van der Waals surface area contributed by atoms with Crippen LogP contribution in [0, 0.1) is 6.92 Å². The van der Waals surface area contributed by atoms with Crippen molar-refractivity contribution in [2.75, 3.05) is 12.8 Å². The Labute approximate surface area is 173 Å². The SMILES string of the molecule is COc1cccc(-c2cnc(C(C)O)cc2[C@H]2Cc3nc(N)nc(C)c3C(=O)N2)n1. The first kappa shape index (κ1) is 19.7. The molecular formula is C21H22N6O3. The van der Waals surface area contributed by atoms with Crippen LogP contribution in [-0.4, -0.2) is 38.1 Å². The lowest BCUT2D eigenvalue weighted by atomic mass is 9.90. The second kappa shape index (κ2) is 7.68. The molecule has 9 nitrogen and oxygen atoms in total. The molecule has 0 saturated heterocycles. The van der Waals surface area contributed by atoms with E-state index in [9.17, 15) is 9.90 Å². The van der Waals surface area contributed by atoms with Crippen LogP contribution >= 0.6 is 0 Å². The summed E-state index contributed by atoms with van der Waals surface area (Å²) < 4.78 is 5.24. The zero-order chi connectivity index (χ0) is 21.4. The molecule has 1 aliphatic rings. The maximum atomic E-state index is 12.8. The van der Waals surface area contributed by atoms with E-state index < -0.39 is 12.1 Å². The summed E-state index contributed by atoms with van der Waals surface area (Å²) in [6.07, 6.45) is 1.32. The highest BCUT2D eigenvalue weighted by molar-refractivity contribution is 5.98. The van der Waals surface area contributed by atoms with Crippen molar-refractivity contribution in [1.82, 2.24) is 25.3 Å². The topological polar surface area (TPSA) is 136 Å². The first-order chi connectivity index (χ1) is 14.4. The summed E-state index contributed by atoms with van der Waals surface area (Å²) >= 11 is 0. The quantitative estimate of drug-likeness (QED) is 0.598. The fourth-order valence-electron chi connectivity index (χ4n) is 3.66. The van der Waals surface area contributed by atoms with E-state index in [0.717, 1.165) is 11.1 Å². The highest BCUT2D eigenvalue weighted by Crippen LogP contribution is 2.34. The van der Waals surface area contributed by atoms with Crippen molar-refractivity contribution in [2.24, 2.45) is 0 Å². The summed E-state index contributed by atoms with van der Waals surface area (Å²) in [7, 11) is 1.55. The number of nitrogens with zero attached hydrogens (tertiary/aromatic N) is 4. The third-order valence-electron chi connectivity index (χ3n) is 5.08. The average molecular weight is 406 g/mol. The van der Waals surface area contributed by atoms with Crippen LogP contribution in [0.3, 0.4) is 0 Å². The first-order valence-electron chi connectivity index (χ1n) is 9.50. The van der Waals surface area contributed by atoms with Crippen molar-refractivity contribution in [3.8, 4) is 17.1 Å². The van der Waals surface area contributed by atoms with Crippen LogP contribution in [-0.2, 0) is 6.42 Å². The Kier molecular flexibility index (Phi) is 5.04. The number of anilines is 1. The number of methoxy groups -OCH3 is 1. The van der Waals surface area contributed by atoms with Gasteiger partial charge in [-0.2, -0.15) is 0 Å². The van der Waals surface area contributed by atoms with E-state index in [1.54, 1.807) is 39.3 Å². The van der Waals surface area contributed by atoms with Gasteiger partial charge in [0.25, 0.3) is 5.91 Å². The van der Waals surface area contributed by atoms with Crippen LogP contribution in [0.5, 0.6) is 5.88 Å². The molecular weight excluding hydrogens is 384 g/mol. The van der Waals surface area contributed by atoms with Crippen molar-refractivity contribution in [3.05, 3.63) is 58.7 Å². The molecule has 3 aromatic heterocycles. The van der Waals surface area contributed by atoms with Crippen molar-refractivity contribution >= 4 is 11.9 Å². The molecule has 0 saturated carbocycles. The summed E-state index contributed by atoms with van der Waals surface area (Å²) in [5, 5.41) is 13.1. The van der Waals surface area contributed by atoms with E-state index in [1.165, 1.54) is 0 Å². The number of aliphatic hydroxyl groups excluding tert-OH is 1. The van der Waals surface area contributed by atoms with Crippen LogP contribution in [0.25, 0.3) is 11.3 Å². The second-order valence-corrected chi connectivity index (χ2v) is 7.16. The van der Waals surface area contributed by atoms with E-state index in [-0.39, 0.29) is 11.9 Å². The van der Waals surface area contributed by atoms with Crippen LogP contribution in [0.2, 0.25) is 0 Å². The molecule has 1 aliphatic heterocycles. The second-order valence-electron chi connectivity index (χ2n) is 7.16. The molecule has 2 atom stereocenters. The maximum absolute atomic E-state index is 12.8. The Hall–Kier alpha value is -3.59. The molecule has 0 aromatic carbocycles. The number of aromatic nitrogens is 4. The Morgan fingerprint density at radius 3 is 2.83 bits per heavy atom. The normalized spacial score (nSPS) is 16.5. The molecule has 1 amide bonds. The van der Waals surface area contributed by atoms with E-state index in [4.69, 9.17) is 10.5 Å². The zero-order valence-corrected chi connectivity index (χ0v) is 16.9. The van der Waals surface area contributed by atoms with Crippen LogP contribution in [0.15, 0.2) is 30.5 Å². The van der Waals surface area contributed by atoms with Gasteiger partial charge < -0.3 is 20.9 Å². The molecule has 154 valence electrons. The first-order valence-corrected chi connectivity index (χ1v) is 9.50. The van der Waals surface area contributed by atoms with Crippen molar-refractivity contribution in [3.63, 3.8) is 0 Å². The molecule has 30 heavy (non-hydrogen) atoms. The van der Waals surface area contributed by atoms with Crippen LogP contribution < -0.4 is 15.8 Å². The molecule has 0 radical (unpaired) electrons. The predicted molar refractivity (Wildman–Crippen MR) is 110 cm³/mol. The number of amides is 1. The number of rotatable bonds is 4. The number of hydrogen-bond donors (Lipinski definition) is 3. The number of fused-ring (bicyclic) bond motifs is 1. The Bertz CT molecular complexity index is 1130. The number of carbonyl (C=O) groups is 1. The summed E-state index contributed by atoms with van der Waals surface area (Å²) in [6.45, 7) is 3.38. The third-order valence-corrected chi connectivity index (χ3v) is 5.08. The van der Waals surface area contributed by atoms with Gasteiger partial charge in [-0.15, -0.1) is 0 Å². The Morgan fingerprint density at radius 2 is 2.10 bits per heavy atom. The van der Waals surface area contributed by atoms with Crippen molar-refractivity contribution < 1.29 is 14.6 Å². The summed E-state index contributed by atoms with van der Waals surface area (Å²) in [6, 6.07) is 6.81. The molecule has 0 aliphatic carbocycles. The van der Waals surface area contributed by atoms with E-state index >= 15 is 0 Å². The van der Waals surface area contributed by atoms with E-state index in [0.29, 0.717) is 40.6 Å². The van der Waals surface area contributed by atoms with Gasteiger partial charge in [0.1, 0.15) is 0 Å². The van der Waals surface area contributed by atoms with Gasteiger partial charge in [-0.25, -0.2) is 15.0 Å². The minimum atomic E-state index is -0.761. The average Bonchev–Trinajstić information content (AvgIpc) is 2.72. The lowest BCUT2D eigenvalue weighted by molar-refractivity contribution is 0.0922. The lowest BCUT2D eigenvalue weighted by Crippen LogP contribution is -2.37. The largest absolute Gasteiger partial charge is 0.481 e. The Morgan fingerprint density at radius 1 is 1.30 bits per heavy atom. The smallest absolute Gasteiger partial charge is 0.255 e. The van der Waals surface area contributed by atoms with Crippen LogP contribution in [0.4, 0.5) is 5.95 Å². The monoisotopic (exact) mass is 406 g/mol. The minimum absolute atomic E-state index is 0.133. The van der Waals surface area contributed by atoms with Gasteiger partial charge in [0.15, 0.2) is 0 Å². The molecule has 4 rings (SSSR count). The van der Waals surface area contributed by atoms with Gasteiger partial charge in [-0.1, -0.05) is 6.07 Å². The fourth-order valence-corrected chi connectivity index (χ4v) is 3.66. The number of ether oxygens (including phenoxy) is 1. The van der Waals surface area contributed by atoms with Crippen LogP contribution in [0.1, 0.15) is 52.1 Å². The molecule has 0 bridgehead atoms. The highest BCUT2D eigenvalue weighted by atomic mass is 16.5. The highest BCUT2D eigenvalue weighted by Gasteiger charge is 2.31. The van der Waals surface area contributed by atoms with Gasteiger partial charge >= 0.3 is 0 Å². The molecule has 1 unspecified atom stereocenters. The fraction of sp³-hybridized carbons (Fsp3) is 0.286. The number of pyridine rings is 2. The zero-order valence-electron chi connectivity index (χ0n) is 16.9. The Balaban J connectivity index is 1.84. The molecule has 0 spiro atoms. The number of nitrogens with one attached hydrogen (secondary N) is 1. The van der Waals surface area contributed by atoms with E-state index in [1.807, 2.05) is 12.1 Å². The summed E-state index contributed by atoms with van der Waals surface area (Å²) in [5.41, 5.74) is 10.0. The molecule has 4 N–H and O–H groups in total. The van der Waals surface area contributed by atoms with E-state index in [2.05, 4.69) is 25.3 Å². The minimum Gasteiger partial charge on any atom is -0.481 e. The maximum Gasteiger partial charge on any atom is 0.255 e. The summed E-state index contributed by atoms with van der Waals surface area (Å²) in [5.74, 6) is 0.333. The molecule has 9 heteroatoms. The summed E-state index contributed by atoms with van der Waals surface area (Å²) in [4.78, 5) is 30.1. The van der Waals surface area contributed by atoms with Crippen molar-refractivity contribution in [1.29, 1.82) is 0 Å². The number of aliphatic hydroxyl groups is 1. The molecule has 0 fully saturated rings. The van der Waals surface area contributed by atoms with Gasteiger partial charge in [-0.3, -0.25) is 9.78 Å². The van der Waals surface area contributed by atoms with Gasteiger partial charge in [-0.05, 0) is 31.5 Å². The predicted octanol–water partition coefficient (Wildman–Crippen LogP) is 1.91. The van der Waals surface area contributed by atoms with Crippen molar-refractivity contribution in [2.45, 2.75) is 32.4 Å². The number of hydrogen-bond acceptors (Lipinski definition) is 8. The molecule has 4 heterocycles. The number of aryl methyl sites for hydroxylation is 1. The number of nitrogens with two attached hydrogens (primary N) is 1. The number of carbonyl (C=O) groups excluding carboxylic acids is 1. The standard InChI is InChI=1S/C21H22N6O3/c1-10-19-17(27-21(22)24-10)8-16(26-20(19)29)12-7-15(11(2)28)23-9-13(12)14-5-4-6-18(25-14)30-3/h4-7,9,11,16,28H,8H2,1-3H3,(H,26,29)(H2,22,24,27)/t11?,16-/m1/s1.